The number of aromatic nitrogens is 18. The second kappa shape index (κ2) is 32.5. The van der Waals surface area contributed by atoms with Crippen molar-refractivity contribution in [3.05, 3.63) is 413 Å². The first-order chi connectivity index (χ1) is 63.4. The molecule has 0 amide bonds. The molecule has 23 aromatic rings. The van der Waals surface area contributed by atoms with Crippen molar-refractivity contribution in [2.24, 2.45) is 0 Å². The average molecular weight is 1640 g/mol. The number of pyridine rings is 1. The van der Waals surface area contributed by atoms with E-state index < -0.39 is 0 Å². The van der Waals surface area contributed by atoms with Crippen molar-refractivity contribution < 1.29 is 0 Å². The van der Waals surface area contributed by atoms with Crippen molar-refractivity contribution in [2.45, 2.75) is 0 Å². The summed E-state index contributed by atoms with van der Waals surface area (Å²) in [4.78, 5) is 84.2. The van der Waals surface area contributed by atoms with Crippen molar-refractivity contribution in [3.63, 3.8) is 0 Å². The Morgan fingerprint density at radius 2 is 0.359 bits per heavy atom. The summed E-state index contributed by atoms with van der Waals surface area (Å²) in [5.74, 6) is 7.81. The van der Waals surface area contributed by atoms with Gasteiger partial charge < -0.3 is 9.13 Å². The van der Waals surface area contributed by atoms with Gasteiger partial charge in [0.15, 0.2) is 87.4 Å². The van der Waals surface area contributed by atoms with Crippen LogP contribution in [0, 0.1) is 0 Å². The first kappa shape index (κ1) is 75.1. The van der Waals surface area contributed by atoms with Crippen LogP contribution in [0.5, 0.6) is 0 Å². The van der Waals surface area contributed by atoms with E-state index in [9.17, 15) is 0 Å². The summed E-state index contributed by atoms with van der Waals surface area (Å²) in [6.45, 7) is 0. The molecule has 0 saturated heterocycles. The molecule has 128 heavy (non-hydrogen) atoms. The van der Waals surface area contributed by atoms with Gasteiger partial charge in [-0.3, -0.25) is 4.98 Å². The average Bonchev–Trinajstić information content (AvgIpc) is 1.59. The maximum atomic E-state index is 5.51. The summed E-state index contributed by atoms with van der Waals surface area (Å²) in [6, 6.07) is 135. The van der Waals surface area contributed by atoms with Gasteiger partial charge in [-0.1, -0.05) is 303 Å². The van der Waals surface area contributed by atoms with E-state index in [1.807, 2.05) is 316 Å². The van der Waals surface area contributed by atoms with E-state index in [0.29, 0.717) is 92.9 Å². The molecule has 8 heterocycles. The molecule has 0 N–H and O–H groups in total. The fourth-order valence-corrected chi connectivity index (χ4v) is 16.7. The van der Waals surface area contributed by atoms with E-state index in [2.05, 4.69) is 106 Å². The van der Waals surface area contributed by atoms with Crippen molar-refractivity contribution in [1.29, 1.82) is 0 Å². The minimum Gasteiger partial charge on any atom is -0.309 e. The molecule has 0 unspecified atom stereocenters. The van der Waals surface area contributed by atoms with Gasteiger partial charge in [0.05, 0.1) is 27.8 Å². The molecule has 0 aliphatic heterocycles. The summed E-state index contributed by atoms with van der Waals surface area (Å²) in [5, 5.41) is 3.62. The Balaban J connectivity index is 0.777. The smallest absolute Gasteiger partial charge is 0.164 e. The molecule has 0 aliphatic carbocycles. The third kappa shape index (κ3) is 14.3. The SMILES string of the molecule is c1ccc(-c2nc(-c3ccccc3)nc(-c3ccc4c(c3)c3cc(-c5nc(-c6ccccc6)nc(-c6ccccc6)n5)ccc3n4-c3ccc(-c4nc(-c5ccccc5)nc(-c5ccccc5)n4)c(-c4cnccc4-n4c5ccc(-c6nc(-c7ccccc7)nc(-c7ccccc7)n6)cc5c5cc(-c6nc(-c7ccccc7)nc(-c7ccccc7)n6)ccc54)c3)n2)cc1. The van der Waals surface area contributed by atoms with E-state index in [-0.39, 0.29) is 0 Å². The fraction of sp³-hybridized carbons (Fsp3) is 0. The lowest BCUT2D eigenvalue weighted by Crippen LogP contribution is -2.04. The van der Waals surface area contributed by atoms with Crippen molar-refractivity contribution >= 4 is 43.6 Å². The Hall–Kier alpha value is -17.9. The lowest BCUT2D eigenvalue weighted by atomic mass is 9.97. The van der Waals surface area contributed by atoms with Crippen molar-refractivity contribution in [2.75, 3.05) is 0 Å². The van der Waals surface area contributed by atoms with Crippen LogP contribution in [0.1, 0.15) is 0 Å². The van der Waals surface area contributed by atoms with Crippen molar-refractivity contribution in [3.8, 4) is 193 Å². The Morgan fingerprint density at radius 3 is 0.594 bits per heavy atom. The summed E-state index contributed by atoms with van der Waals surface area (Å²) in [5.41, 5.74) is 19.0. The lowest BCUT2D eigenvalue weighted by molar-refractivity contribution is 1.07. The Labute approximate surface area is 734 Å². The van der Waals surface area contributed by atoms with Gasteiger partial charge in [0.2, 0.25) is 0 Å². The normalized spacial score (nSPS) is 11.4. The standard InChI is InChI=1S/C110H68N18/c1-11-31-69(32-12-1)96-112-97(70-33-13-2-14-34-70)118-106(117-96)79-51-57-91-86(63-79)87-64-80(107-119-98(71-35-15-3-16-36-71)113-99(120-107)72-37-17-4-18-38-72)52-58-92(87)127(91)83-55-56-84(110-125-104(77-47-27-9-28-48-77)116-105(126-110)78-49-29-10-30-50-78)85(67-83)90-68-111-62-61-95(90)128-93-59-53-81(108-121-100(73-39-19-5-20-40-73)114-101(122-108)74-41-21-6-22-42-74)65-88(93)89-66-82(54-60-94(89)128)109-123-102(75-43-23-7-24-44-75)115-103(124-109)76-45-25-8-26-46-76/h1-68H. The molecule has 15 aromatic carbocycles. The minimum atomic E-state index is 0.440. The molecular weight excluding hydrogens is 1570 g/mol. The maximum absolute atomic E-state index is 5.51. The zero-order valence-electron chi connectivity index (χ0n) is 68.3. The number of benzene rings is 15. The zero-order valence-corrected chi connectivity index (χ0v) is 68.3. The van der Waals surface area contributed by atoms with Crippen LogP contribution < -0.4 is 0 Å². The van der Waals surface area contributed by atoms with Crippen LogP contribution in [-0.4, -0.2) is 88.9 Å². The Bertz CT molecular complexity index is 7490. The molecule has 0 fully saturated rings. The first-order valence-corrected chi connectivity index (χ1v) is 42.0. The zero-order chi connectivity index (χ0) is 84.8. The number of rotatable bonds is 18. The van der Waals surface area contributed by atoms with Gasteiger partial charge in [-0.05, 0) is 103 Å². The highest BCUT2D eigenvalue weighted by Crippen LogP contribution is 2.46. The molecule has 0 bridgehead atoms. The van der Waals surface area contributed by atoms with Gasteiger partial charge in [0, 0.05) is 129 Å². The van der Waals surface area contributed by atoms with Crippen LogP contribution in [0.15, 0.2) is 413 Å². The van der Waals surface area contributed by atoms with E-state index >= 15 is 0 Å². The molecule has 18 heteroatoms. The second-order valence-electron chi connectivity index (χ2n) is 30.9. The molecule has 0 saturated carbocycles. The van der Waals surface area contributed by atoms with Gasteiger partial charge in [-0.15, -0.1) is 0 Å². The van der Waals surface area contributed by atoms with E-state index in [1.165, 1.54) is 0 Å². The molecular formula is C110H68N18. The fourth-order valence-electron chi connectivity index (χ4n) is 16.7. The number of hydrogen-bond acceptors (Lipinski definition) is 16. The van der Waals surface area contributed by atoms with Crippen LogP contribution in [0.4, 0.5) is 0 Å². The molecule has 0 aliphatic rings. The third-order valence-electron chi connectivity index (χ3n) is 22.9. The summed E-state index contributed by atoms with van der Waals surface area (Å²) >= 11 is 0. The summed E-state index contributed by atoms with van der Waals surface area (Å²) in [6.07, 6.45) is 3.81. The van der Waals surface area contributed by atoms with Crippen LogP contribution in [0.25, 0.3) is 237 Å². The van der Waals surface area contributed by atoms with Crippen molar-refractivity contribution in [1.82, 2.24) is 88.9 Å². The highest BCUT2D eigenvalue weighted by atomic mass is 15.1. The van der Waals surface area contributed by atoms with Crippen LogP contribution >= 0.6 is 0 Å². The van der Waals surface area contributed by atoms with E-state index in [4.69, 9.17) is 79.7 Å². The summed E-state index contributed by atoms with van der Waals surface area (Å²) < 4.78 is 4.64. The molecule has 598 valence electrons. The minimum absolute atomic E-state index is 0.440. The molecule has 23 rings (SSSR count). The van der Waals surface area contributed by atoms with Gasteiger partial charge in [0.25, 0.3) is 0 Å². The predicted molar refractivity (Wildman–Crippen MR) is 507 cm³/mol. The Morgan fingerprint density at radius 1 is 0.148 bits per heavy atom. The van der Waals surface area contributed by atoms with E-state index in [0.717, 1.165) is 144 Å². The molecule has 8 aromatic heterocycles. The largest absolute Gasteiger partial charge is 0.309 e. The van der Waals surface area contributed by atoms with Crippen LogP contribution in [-0.2, 0) is 0 Å². The number of hydrogen-bond donors (Lipinski definition) is 0. The molecule has 0 radical (unpaired) electrons. The predicted octanol–water partition coefficient (Wildman–Crippen LogP) is 24.9. The highest BCUT2D eigenvalue weighted by molar-refractivity contribution is 6.14. The first-order valence-electron chi connectivity index (χ1n) is 42.0. The quantitative estimate of drug-likeness (QED) is 0.0780. The van der Waals surface area contributed by atoms with Gasteiger partial charge in [-0.2, -0.15) is 0 Å². The maximum Gasteiger partial charge on any atom is 0.164 e. The van der Waals surface area contributed by atoms with Gasteiger partial charge in [-0.25, -0.2) is 74.8 Å². The Kier molecular flexibility index (Phi) is 19.1. The molecule has 0 atom stereocenters. The highest BCUT2D eigenvalue weighted by Gasteiger charge is 2.27. The molecule has 0 spiro atoms. The van der Waals surface area contributed by atoms with E-state index in [1.54, 1.807) is 0 Å². The van der Waals surface area contributed by atoms with Crippen LogP contribution in [0.2, 0.25) is 0 Å². The summed E-state index contributed by atoms with van der Waals surface area (Å²) in [7, 11) is 0. The van der Waals surface area contributed by atoms with Crippen LogP contribution in [0.3, 0.4) is 0 Å². The second-order valence-corrected chi connectivity index (χ2v) is 30.9. The van der Waals surface area contributed by atoms with Gasteiger partial charge >= 0.3 is 0 Å². The lowest BCUT2D eigenvalue weighted by Gasteiger charge is -2.19. The topological polar surface area (TPSA) is 216 Å². The number of fused-ring (bicyclic) bond motifs is 6. The molecule has 18 nitrogen and oxygen atoms in total. The number of nitrogens with zero attached hydrogens (tertiary/aromatic N) is 18. The monoisotopic (exact) mass is 1640 g/mol. The third-order valence-corrected chi connectivity index (χ3v) is 22.9. The van der Waals surface area contributed by atoms with Gasteiger partial charge in [0.1, 0.15) is 0 Å².